The molecule has 1 aliphatic heterocycles. The molecule has 0 aromatic carbocycles. The fourth-order valence-corrected chi connectivity index (χ4v) is 3.61. The Labute approximate surface area is 111 Å². The molecule has 1 saturated heterocycles. The Bertz CT molecular complexity index is 294. The van der Waals surface area contributed by atoms with Crippen molar-refractivity contribution in [1.82, 2.24) is 5.32 Å². The number of nitrogens with one attached hydrogen (secondary N) is 1. The van der Waals surface area contributed by atoms with Crippen LogP contribution >= 0.6 is 0 Å². The van der Waals surface area contributed by atoms with Crippen LogP contribution in [-0.4, -0.2) is 24.2 Å². The highest BCUT2D eigenvalue weighted by Crippen LogP contribution is 2.45. The van der Waals surface area contributed by atoms with E-state index in [9.17, 15) is 4.79 Å². The van der Waals surface area contributed by atoms with Crippen LogP contribution in [0.25, 0.3) is 0 Å². The van der Waals surface area contributed by atoms with Gasteiger partial charge in [0, 0.05) is 6.04 Å². The van der Waals surface area contributed by atoms with Crippen LogP contribution in [0.5, 0.6) is 0 Å². The van der Waals surface area contributed by atoms with Gasteiger partial charge in [-0.05, 0) is 58.4 Å². The van der Waals surface area contributed by atoms with Crippen LogP contribution in [0.2, 0.25) is 0 Å². The van der Waals surface area contributed by atoms with Crippen molar-refractivity contribution in [3.05, 3.63) is 0 Å². The number of ether oxygens (including phenoxy) is 1. The third-order valence-corrected chi connectivity index (χ3v) is 4.32. The Balaban J connectivity index is 2.01. The van der Waals surface area contributed by atoms with Crippen LogP contribution in [0.4, 0.5) is 0 Å². The lowest BCUT2D eigenvalue weighted by Crippen LogP contribution is -2.52. The third-order valence-electron chi connectivity index (χ3n) is 4.32. The molecule has 2 atom stereocenters. The minimum absolute atomic E-state index is 0.0156. The van der Waals surface area contributed by atoms with Crippen LogP contribution < -0.4 is 5.32 Å². The van der Waals surface area contributed by atoms with Gasteiger partial charge in [0.25, 0.3) is 0 Å². The number of carbonyl (C=O) groups excluding carboxylic acids is 1. The second kappa shape index (κ2) is 5.20. The van der Waals surface area contributed by atoms with Gasteiger partial charge in [0.15, 0.2) is 0 Å². The van der Waals surface area contributed by atoms with E-state index in [1.165, 1.54) is 38.5 Å². The van der Waals surface area contributed by atoms with E-state index in [0.717, 1.165) is 6.54 Å². The van der Waals surface area contributed by atoms with Gasteiger partial charge < -0.3 is 10.1 Å². The maximum Gasteiger partial charge on any atom is 0.306 e. The zero-order chi connectivity index (χ0) is 13.2. The molecule has 1 aliphatic carbocycles. The van der Waals surface area contributed by atoms with Gasteiger partial charge in [-0.25, -0.2) is 0 Å². The molecule has 0 spiro atoms. The summed E-state index contributed by atoms with van der Waals surface area (Å²) in [6, 6.07) is 0.535. The summed E-state index contributed by atoms with van der Waals surface area (Å²) in [4.78, 5) is 12.1. The van der Waals surface area contributed by atoms with E-state index in [-0.39, 0.29) is 17.0 Å². The zero-order valence-corrected chi connectivity index (χ0v) is 12.1. The fourth-order valence-electron chi connectivity index (χ4n) is 3.61. The average molecular weight is 253 g/mol. The first kappa shape index (κ1) is 13.9. The highest BCUT2D eigenvalue weighted by atomic mass is 16.6. The molecule has 3 heteroatoms. The molecular weight excluding hydrogens is 226 g/mol. The third kappa shape index (κ3) is 3.25. The first-order valence-corrected chi connectivity index (χ1v) is 7.37. The van der Waals surface area contributed by atoms with E-state index in [4.69, 9.17) is 4.74 Å². The number of piperidine rings is 1. The lowest BCUT2D eigenvalue weighted by molar-refractivity contribution is -0.159. The largest absolute Gasteiger partial charge is 0.460 e. The molecule has 0 amide bonds. The molecule has 1 N–H and O–H groups in total. The second-order valence-electron chi connectivity index (χ2n) is 6.98. The van der Waals surface area contributed by atoms with E-state index in [1.807, 2.05) is 20.8 Å². The summed E-state index contributed by atoms with van der Waals surface area (Å²) in [5.74, 6) is -0.0156. The molecule has 0 aromatic rings. The van der Waals surface area contributed by atoms with Gasteiger partial charge in [-0.1, -0.05) is 12.8 Å². The van der Waals surface area contributed by atoms with Crippen molar-refractivity contribution >= 4 is 5.97 Å². The standard InChI is InChI=1S/C15H27NO2/c1-14(2,3)18-13(17)11-15-8-5-4-7-12(15)16-10-6-9-15/h12,16H,4-11H2,1-3H3/t12-,15+/m0/s1. The predicted octanol–water partition coefficient (Wildman–Crippen LogP) is 3.03. The maximum atomic E-state index is 12.1. The molecule has 3 nitrogen and oxygen atoms in total. The molecule has 1 saturated carbocycles. The molecule has 2 rings (SSSR count). The molecular formula is C15H27NO2. The van der Waals surface area contributed by atoms with Gasteiger partial charge in [0.05, 0.1) is 6.42 Å². The zero-order valence-electron chi connectivity index (χ0n) is 12.1. The Morgan fingerprint density at radius 2 is 2.00 bits per heavy atom. The Hall–Kier alpha value is -0.570. The highest BCUT2D eigenvalue weighted by Gasteiger charge is 2.44. The lowest BCUT2D eigenvalue weighted by atomic mass is 9.64. The average Bonchev–Trinajstić information content (AvgIpc) is 2.25. The van der Waals surface area contributed by atoms with E-state index < -0.39 is 0 Å². The monoisotopic (exact) mass is 253 g/mol. The molecule has 2 aliphatic rings. The van der Waals surface area contributed by atoms with Crippen LogP contribution in [0.15, 0.2) is 0 Å². The van der Waals surface area contributed by atoms with Gasteiger partial charge in [-0.2, -0.15) is 0 Å². The molecule has 0 aromatic heterocycles. The van der Waals surface area contributed by atoms with Gasteiger partial charge in [-0.15, -0.1) is 0 Å². The quantitative estimate of drug-likeness (QED) is 0.769. The van der Waals surface area contributed by atoms with Crippen LogP contribution in [-0.2, 0) is 9.53 Å². The Morgan fingerprint density at radius 3 is 2.72 bits per heavy atom. The van der Waals surface area contributed by atoms with Crippen molar-refractivity contribution in [2.45, 2.75) is 77.4 Å². The smallest absolute Gasteiger partial charge is 0.306 e. The van der Waals surface area contributed by atoms with Crippen molar-refractivity contribution in [3.63, 3.8) is 0 Å². The van der Waals surface area contributed by atoms with Crippen LogP contribution in [0, 0.1) is 5.41 Å². The van der Waals surface area contributed by atoms with Crippen molar-refractivity contribution in [3.8, 4) is 0 Å². The molecule has 0 unspecified atom stereocenters. The number of carbonyl (C=O) groups is 1. The Morgan fingerprint density at radius 1 is 1.28 bits per heavy atom. The van der Waals surface area contributed by atoms with E-state index in [1.54, 1.807) is 0 Å². The first-order valence-electron chi connectivity index (χ1n) is 7.37. The highest BCUT2D eigenvalue weighted by molar-refractivity contribution is 5.71. The van der Waals surface area contributed by atoms with Crippen LogP contribution in [0.3, 0.4) is 0 Å². The normalized spacial score (nSPS) is 32.7. The molecule has 0 bridgehead atoms. The topological polar surface area (TPSA) is 38.3 Å². The SMILES string of the molecule is CC(C)(C)OC(=O)C[C@]12CCCC[C@@H]1NCCC2. The molecule has 1 heterocycles. The minimum Gasteiger partial charge on any atom is -0.460 e. The van der Waals surface area contributed by atoms with Gasteiger partial charge in [-0.3, -0.25) is 4.79 Å². The number of fused-ring (bicyclic) bond motifs is 1. The predicted molar refractivity (Wildman–Crippen MR) is 72.4 cm³/mol. The van der Waals surface area contributed by atoms with Crippen LogP contribution in [0.1, 0.15) is 65.7 Å². The summed E-state index contributed by atoms with van der Waals surface area (Å²) in [7, 11) is 0. The Kier molecular flexibility index (Phi) is 4.00. The summed E-state index contributed by atoms with van der Waals surface area (Å²) >= 11 is 0. The first-order chi connectivity index (χ1) is 8.41. The second-order valence-corrected chi connectivity index (χ2v) is 6.98. The fraction of sp³-hybridized carbons (Fsp3) is 0.933. The summed E-state index contributed by atoms with van der Waals surface area (Å²) in [6.07, 6.45) is 7.95. The molecule has 18 heavy (non-hydrogen) atoms. The molecule has 104 valence electrons. The van der Waals surface area contributed by atoms with Gasteiger partial charge >= 0.3 is 5.97 Å². The van der Waals surface area contributed by atoms with Crippen molar-refractivity contribution in [2.24, 2.45) is 5.41 Å². The summed E-state index contributed by atoms with van der Waals surface area (Å²) in [5.41, 5.74) is -0.182. The number of hydrogen-bond donors (Lipinski definition) is 1. The lowest BCUT2D eigenvalue weighted by Gasteiger charge is -2.47. The molecule has 0 radical (unpaired) electrons. The van der Waals surface area contributed by atoms with Crippen molar-refractivity contribution < 1.29 is 9.53 Å². The number of hydrogen-bond acceptors (Lipinski definition) is 3. The minimum atomic E-state index is -0.361. The van der Waals surface area contributed by atoms with Gasteiger partial charge in [0.1, 0.15) is 5.60 Å². The summed E-state index contributed by atoms with van der Waals surface area (Å²) < 4.78 is 5.52. The van der Waals surface area contributed by atoms with Gasteiger partial charge in [0.2, 0.25) is 0 Å². The van der Waals surface area contributed by atoms with Crippen molar-refractivity contribution in [1.29, 1.82) is 0 Å². The summed E-state index contributed by atoms with van der Waals surface area (Å²) in [5, 5.41) is 3.62. The number of esters is 1. The van der Waals surface area contributed by atoms with E-state index in [2.05, 4.69) is 5.32 Å². The molecule has 2 fully saturated rings. The van der Waals surface area contributed by atoms with E-state index in [0.29, 0.717) is 12.5 Å². The maximum absolute atomic E-state index is 12.1. The number of rotatable bonds is 2. The van der Waals surface area contributed by atoms with E-state index >= 15 is 0 Å². The van der Waals surface area contributed by atoms with Crippen molar-refractivity contribution in [2.75, 3.05) is 6.54 Å². The summed E-state index contributed by atoms with van der Waals surface area (Å²) in [6.45, 7) is 6.95.